The summed E-state index contributed by atoms with van der Waals surface area (Å²) in [5.74, 6) is 1.36. The number of hydrogen-bond acceptors (Lipinski definition) is 6. The molecule has 0 aromatic carbocycles. The lowest BCUT2D eigenvalue weighted by atomic mass is 9.94. The van der Waals surface area contributed by atoms with Crippen molar-refractivity contribution >= 4 is 11.9 Å². The molecule has 0 aliphatic heterocycles. The van der Waals surface area contributed by atoms with E-state index < -0.39 is 0 Å². The van der Waals surface area contributed by atoms with Crippen molar-refractivity contribution in [3.05, 3.63) is 18.5 Å². The van der Waals surface area contributed by atoms with E-state index in [9.17, 15) is 0 Å². The van der Waals surface area contributed by atoms with E-state index in [4.69, 9.17) is 5.73 Å². The quantitative estimate of drug-likeness (QED) is 0.922. The molecular formula is C14H21N7. The highest BCUT2D eigenvalue weighted by molar-refractivity contribution is 5.38. The van der Waals surface area contributed by atoms with Crippen LogP contribution in [0.15, 0.2) is 18.5 Å². The Morgan fingerprint density at radius 2 is 2.05 bits per heavy atom. The molecule has 3 rings (SSSR count). The van der Waals surface area contributed by atoms with Gasteiger partial charge >= 0.3 is 0 Å². The summed E-state index contributed by atoms with van der Waals surface area (Å²) >= 11 is 0. The number of hydrogen-bond donors (Lipinski definition) is 1. The Morgan fingerprint density at radius 1 is 1.24 bits per heavy atom. The zero-order chi connectivity index (χ0) is 14.7. The summed E-state index contributed by atoms with van der Waals surface area (Å²) in [6.07, 6.45) is 9.74. The Labute approximate surface area is 124 Å². The van der Waals surface area contributed by atoms with E-state index in [0.29, 0.717) is 17.9 Å². The Balaban J connectivity index is 1.92. The van der Waals surface area contributed by atoms with Crippen LogP contribution in [0.25, 0.3) is 5.95 Å². The molecule has 1 aliphatic carbocycles. The van der Waals surface area contributed by atoms with Crippen LogP contribution in [0.3, 0.4) is 0 Å². The molecule has 1 aliphatic rings. The molecule has 2 aromatic rings. The molecule has 0 amide bonds. The Morgan fingerprint density at radius 3 is 2.71 bits per heavy atom. The second kappa shape index (κ2) is 6.07. The molecule has 2 N–H and O–H groups in total. The summed E-state index contributed by atoms with van der Waals surface area (Å²) in [5, 5.41) is 4.16. The fourth-order valence-electron chi connectivity index (χ4n) is 2.94. The van der Waals surface area contributed by atoms with Gasteiger partial charge in [-0.05, 0) is 25.8 Å². The maximum atomic E-state index is 5.86. The molecule has 1 saturated carbocycles. The SMILES string of the molecule is CCN(c1nc(N)nc(-n2cccn2)n1)C1CCCCC1. The van der Waals surface area contributed by atoms with Gasteiger partial charge in [-0.15, -0.1) is 0 Å². The zero-order valence-corrected chi connectivity index (χ0v) is 12.3. The van der Waals surface area contributed by atoms with Crippen molar-refractivity contribution in [3.63, 3.8) is 0 Å². The van der Waals surface area contributed by atoms with Crippen LogP contribution < -0.4 is 10.6 Å². The molecule has 2 aromatic heterocycles. The monoisotopic (exact) mass is 287 g/mol. The van der Waals surface area contributed by atoms with Gasteiger partial charge in [-0.1, -0.05) is 19.3 Å². The first kappa shape index (κ1) is 13.8. The zero-order valence-electron chi connectivity index (χ0n) is 12.3. The number of anilines is 2. The second-order valence-electron chi connectivity index (χ2n) is 5.32. The van der Waals surface area contributed by atoms with E-state index in [1.54, 1.807) is 17.1 Å². The molecule has 7 heteroatoms. The van der Waals surface area contributed by atoms with Crippen LogP contribution >= 0.6 is 0 Å². The second-order valence-corrected chi connectivity index (χ2v) is 5.32. The van der Waals surface area contributed by atoms with Crippen molar-refractivity contribution in [3.8, 4) is 5.95 Å². The number of aromatic nitrogens is 5. The van der Waals surface area contributed by atoms with Gasteiger partial charge in [0.25, 0.3) is 5.95 Å². The number of nitrogen functional groups attached to an aromatic ring is 1. The van der Waals surface area contributed by atoms with Crippen LogP contribution in [0.2, 0.25) is 0 Å². The van der Waals surface area contributed by atoms with E-state index in [0.717, 1.165) is 6.54 Å². The van der Waals surface area contributed by atoms with Crippen LogP contribution in [-0.4, -0.2) is 37.3 Å². The summed E-state index contributed by atoms with van der Waals surface area (Å²) < 4.78 is 1.61. The third-order valence-electron chi connectivity index (χ3n) is 3.95. The van der Waals surface area contributed by atoms with Gasteiger partial charge in [-0.25, -0.2) is 4.68 Å². The van der Waals surface area contributed by atoms with Gasteiger partial charge in [-0.2, -0.15) is 20.1 Å². The van der Waals surface area contributed by atoms with Gasteiger partial charge in [0.15, 0.2) is 0 Å². The lowest BCUT2D eigenvalue weighted by Crippen LogP contribution is -2.38. The van der Waals surface area contributed by atoms with Gasteiger partial charge < -0.3 is 10.6 Å². The molecule has 21 heavy (non-hydrogen) atoms. The van der Waals surface area contributed by atoms with Crippen LogP contribution in [0, 0.1) is 0 Å². The molecule has 0 atom stereocenters. The average Bonchev–Trinajstić information content (AvgIpc) is 3.03. The average molecular weight is 287 g/mol. The fraction of sp³-hybridized carbons (Fsp3) is 0.571. The van der Waals surface area contributed by atoms with Gasteiger partial charge in [-0.3, -0.25) is 0 Å². The first-order valence-corrected chi connectivity index (χ1v) is 7.56. The van der Waals surface area contributed by atoms with E-state index in [-0.39, 0.29) is 5.95 Å². The molecule has 7 nitrogen and oxygen atoms in total. The largest absolute Gasteiger partial charge is 0.368 e. The molecule has 2 heterocycles. The summed E-state index contributed by atoms with van der Waals surface area (Å²) in [7, 11) is 0. The maximum absolute atomic E-state index is 5.86. The molecule has 0 spiro atoms. The molecule has 0 radical (unpaired) electrons. The van der Waals surface area contributed by atoms with Crippen molar-refractivity contribution < 1.29 is 0 Å². The van der Waals surface area contributed by atoms with E-state index in [1.165, 1.54) is 32.1 Å². The smallest absolute Gasteiger partial charge is 0.257 e. The predicted molar refractivity (Wildman–Crippen MR) is 81.3 cm³/mol. The minimum Gasteiger partial charge on any atom is -0.368 e. The van der Waals surface area contributed by atoms with Crippen LogP contribution in [0.4, 0.5) is 11.9 Å². The third-order valence-corrected chi connectivity index (χ3v) is 3.95. The van der Waals surface area contributed by atoms with Gasteiger partial charge in [0.2, 0.25) is 11.9 Å². The summed E-state index contributed by atoms with van der Waals surface area (Å²) in [5.41, 5.74) is 5.86. The summed E-state index contributed by atoms with van der Waals surface area (Å²) in [6, 6.07) is 2.33. The summed E-state index contributed by atoms with van der Waals surface area (Å²) in [4.78, 5) is 15.3. The standard InChI is InChI=1S/C14H21N7/c1-2-20(11-7-4-3-5-8-11)13-17-12(15)18-14(19-13)21-10-6-9-16-21/h6,9-11H,2-5,7-8H2,1H3,(H2,15,17,18,19). The normalized spacial score (nSPS) is 16.0. The van der Waals surface area contributed by atoms with E-state index in [2.05, 4.69) is 31.9 Å². The molecular weight excluding hydrogens is 266 g/mol. The van der Waals surface area contributed by atoms with Crippen molar-refractivity contribution in [1.82, 2.24) is 24.7 Å². The highest BCUT2D eigenvalue weighted by Crippen LogP contribution is 2.25. The van der Waals surface area contributed by atoms with Crippen molar-refractivity contribution in [2.24, 2.45) is 0 Å². The molecule has 1 fully saturated rings. The first-order valence-electron chi connectivity index (χ1n) is 7.56. The van der Waals surface area contributed by atoms with E-state index in [1.807, 2.05) is 6.07 Å². The Hall–Kier alpha value is -2.18. The topological polar surface area (TPSA) is 85.8 Å². The Kier molecular flexibility index (Phi) is 3.98. The van der Waals surface area contributed by atoms with Crippen LogP contribution in [0.5, 0.6) is 0 Å². The Bertz CT molecular complexity index is 575. The van der Waals surface area contributed by atoms with Crippen LogP contribution in [-0.2, 0) is 0 Å². The summed E-state index contributed by atoms with van der Waals surface area (Å²) in [6.45, 7) is 2.99. The maximum Gasteiger partial charge on any atom is 0.257 e. The van der Waals surface area contributed by atoms with Crippen molar-refractivity contribution in [2.45, 2.75) is 45.1 Å². The number of nitrogens with zero attached hydrogens (tertiary/aromatic N) is 6. The van der Waals surface area contributed by atoms with Crippen molar-refractivity contribution in [1.29, 1.82) is 0 Å². The van der Waals surface area contributed by atoms with Gasteiger partial charge in [0.1, 0.15) is 0 Å². The van der Waals surface area contributed by atoms with E-state index >= 15 is 0 Å². The fourth-order valence-corrected chi connectivity index (χ4v) is 2.94. The molecule has 0 bridgehead atoms. The number of nitrogens with two attached hydrogens (primary N) is 1. The molecule has 0 unspecified atom stereocenters. The van der Waals surface area contributed by atoms with Crippen molar-refractivity contribution in [2.75, 3.05) is 17.2 Å². The lowest BCUT2D eigenvalue weighted by Gasteiger charge is -2.33. The van der Waals surface area contributed by atoms with Gasteiger partial charge in [0.05, 0.1) is 0 Å². The highest BCUT2D eigenvalue weighted by Gasteiger charge is 2.23. The van der Waals surface area contributed by atoms with Gasteiger partial charge in [0, 0.05) is 25.0 Å². The lowest BCUT2D eigenvalue weighted by molar-refractivity contribution is 0.414. The minimum absolute atomic E-state index is 0.236. The minimum atomic E-state index is 0.236. The third kappa shape index (κ3) is 2.96. The number of rotatable bonds is 4. The van der Waals surface area contributed by atoms with Crippen LogP contribution in [0.1, 0.15) is 39.0 Å². The molecule has 0 saturated heterocycles. The highest BCUT2D eigenvalue weighted by atomic mass is 15.4. The predicted octanol–water partition coefficient (Wildman–Crippen LogP) is 1.80. The first-order chi connectivity index (χ1) is 10.3. The molecule has 112 valence electrons.